The third kappa shape index (κ3) is 2.74. The fraction of sp³-hybridized carbons (Fsp3) is 0.462. The van der Waals surface area contributed by atoms with Crippen LogP contribution in [0.3, 0.4) is 0 Å². The quantitative estimate of drug-likeness (QED) is 0.619. The maximum atomic E-state index is 12.3. The van der Waals surface area contributed by atoms with Gasteiger partial charge in [-0.15, -0.1) is 0 Å². The molecule has 2 aliphatic carbocycles. The van der Waals surface area contributed by atoms with E-state index in [2.05, 4.69) is 41.1 Å². The predicted octanol–water partition coefficient (Wildman–Crippen LogP) is 4.07. The number of rotatable bonds is 3. The fourth-order valence-electron chi connectivity index (χ4n) is 6.16. The van der Waals surface area contributed by atoms with Crippen molar-refractivity contribution >= 4 is 10.9 Å². The summed E-state index contributed by atoms with van der Waals surface area (Å²) >= 11 is 0. The summed E-state index contributed by atoms with van der Waals surface area (Å²) in [4.78, 5) is 6.16. The first-order valence-corrected chi connectivity index (χ1v) is 11.3. The zero-order valence-corrected chi connectivity index (χ0v) is 17.6. The van der Waals surface area contributed by atoms with Gasteiger partial charge in [-0.05, 0) is 74.0 Å². The van der Waals surface area contributed by atoms with Gasteiger partial charge in [-0.1, -0.05) is 23.8 Å². The van der Waals surface area contributed by atoms with E-state index in [1.165, 1.54) is 35.0 Å². The maximum absolute atomic E-state index is 12.3. The zero-order chi connectivity index (χ0) is 20.5. The highest BCUT2D eigenvalue weighted by Crippen LogP contribution is 2.52. The minimum atomic E-state index is -0.847. The second kappa shape index (κ2) is 6.35. The molecule has 0 amide bonds. The smallest absolute Gasteiger partial charge is 0.115 e. The number of aryl methyl sites for hydroxylation is 1. The molecule has 6 rings (SSSR count). The number of β-amino-alcohol motifs (C(OH)–C–C–N with tert-alkyl or cyclic N) is 1. The van der Waals surface area contributed by atoms with Crippen molar-refractivity contribution in [3.05, 3.63) is 64.8 Å². The van der Waals surface area contributed by atoms with Gasteiger partial charge < -0.3 is 20.1 Å². The molecule has 156 valence electrons. The number of H-pyrrole nitrogens is 1. The Morgan fingerprint density at radius 2 is 2.00 bits per heavy atom. The number of nitrogens with one attached hydrogen (secondary N) is 1. The molecule has 0 spiro atoms. The van der Waals surface area contributed by atoms with Gasteiger partial charge in [0.25, 0.3) is 0 Å². The van der Waals surface area contributed by atoms with E-state index >= 15 is 0 Å². The number of aromatic nitrogens is 1. The summed E-state index contributed by atoms with van der Waals surface area (Å²) in [6.07, 6.45) is 5.01. The van der Waals surface area contributed by atoms with Crippen LogP contribution in [-0.2, 0) is 18.3 Å². The van der Waals surface area contributed by atoms with Crippen LogP contribution in [0, 0.1) is 12.8 Å². The molecule has 0 unspecified atom stereocenters. The van der Waals surface area contributed by atoms with Crippen LogP contribution in [0.25, 0.3) is 10.9 Å². The van der Waals surface area contributed by atoms with Gasteiger partial charge in [-0.2, -0.15) is 0 Å². The first-order valence-electron chi connectivity index (χ1n) is 11.3. The number of nitrogens with zero attached hydrogens (tertiary/aromatic N) is 1. The number of phenolic OH excluding ortho intramolecular Hbond substituents is 1. The van der Waals surface area contributed by atoms with Crippen LogP contribution in [0.1, 0.15) is 41.6 Å². The Bertz CT molecular complexity index is 1130. The molecule has 30 heavy (non-hydrogen) atoms. The molecule has 2 heterocycles. The number of phenols is 1. The molecule has 4 heteroatoms. The minimum absolute atomic E-state index is 0.280. The summed E-state index contributed by atoms with van der Waals surface area (Å²) in [7, 11) is 0. The number of aromatic hydroxyl groups is 1. The van der Waals surface area contributed by atoms with Crippen LogP contribution >= 0.6 is 0 Å². The molecule has 2 fully saturated rings. The van der Waals surface area contributed by atoms with Crippen molar-refractivity contribution in [2.45, 2.75) is 50.0 Å². The Morgan fingerprint density at radius 3 is 2.80 bits per heavy atom. The highest BCUT2D eigenvalue weighted by atomic mass is 16.3. The van der Waals surface area contributed by atoms with Crippen LogP contribution in [-0.4, -0.2) is 45.3 Å². The molecular formula is C26H30N2O2. The van der Waals surface area contributed by atoms with Crippen molar-refractivity contribution in [3.8, 4) is 5.75 Å². The highest BCUT2D eigenvalue weighted by molar-refractivity contribution is 5.86. The fourth-order valence-corrected chi connectivity index (χ4v) is 6.16. The lowest BCUT2D eigenvalue weighted by molar-refractivity contribution is -0.103. The number of aromatic amines is 1. The number of piperidine rings is 1. The van der Waals surface area contributed by atoms with Crippen molar-refractivity contribution in [1.82, 2.24) is 9.88 Å². The molecule has 4 nitrogen and oxygen atoms in total. The second-order valence-electron chi connectivity index (χ2n) is 10.1. The third-order valence-corrected chi connectivity index (χ3v) is 7.94. The lowest BCUT2D eigenvalue weighted by Gasteiger charge is -2.56. The number of fused-ring (bicyclic) bond motifs is 4. The molecule has 1 aromatic heterocycles. The molecule has 3 N–H and O–H groups in total. The van der Waals surface area contributed by atoms with E-state index in [-0.39, 0.29) is 11.2 Å². The zero-order valence-electron chi connectivity index (χ0n) is 17.6. The second-order valence-corrected chi connectivity index (χ2v) is 10.1. The minimum Gasteiger partial charge on any atom is -0.508 e. The van der Waals surface area contributed by atoms with Gasteiger partial charge in [-0.3, -0.25) is 0 Å². The molecule has 2 atom stereocenters. The number of benzene rings is 2. The van der Waals surface area contributed by atoms with E-state index < -0.39 is 5.60 Å². The molecule has 1 aliphatic heterocycles. The van der Waals surface area contributed by atoms with Gasteiger partial charge in [-0.25, -0.2) is 0 Å². The van der Waals surface area contributed by atoms with E-state index in [1.54, 1.807) is 6.07 Å². The highest BCUT2D eigenvalue weighted by Gasteiger charge is 2.57. The average molecular weight is 403 g/mol. The van der Waals surface area contributed by atoms with Crippen molar-refractivity contribution < 1.29 is 10.2 Å². The summed E-state index contributed by atoms with van der Waals surface area (Å²) in [5.74, 6) is 1.10. The molecule has 3 aliphatic rings. The summed E-state index contributed by atoms with van der Waals surface area (Å²) < 4.78 is 0. The van der Waals surface area contributed by atoms with Gasteiger partial charge in [0.15, 0.2) is 0 Å². The summed E-state index contributed by atoms with van der Waals surface area (Å²) in [5, 5.41) is 23.8. The normalized spacial score (nSPS) is 29.0. The van der Waals surface area contributed by atoms with Crippen molar-refractivity contribution in [2.75, 3.05) is 19.6 Å². The van der Waals surface area contributed by atoms with E-state index in [9.17, 15) is 10.2 Å². The SMILES string of the molecule is Cc1ccc2[nH]c3c(c2c1)C[C@]1(O)CN(CC2CC2)CC[C@@]1(c1cccc(O)c1)C3. The molecule has 0 bridgehead atoms. The predicted molar refractivity (Wildman–Crippen MR) is 119 cm³/mol. The van der Waals surface area contributed by atoms with Gasteiger partial charge in [0, 0.05) is 47.9 Å². The van der Waals surface area contributed by atoms with Crippen molar-refractivity contribution in [2.24, 2.45) is 5.92 Å². The van der Waals surface area contributed by atoms with Crippen molar-refractivity contribution in [3.63, 3.8) is 0 Å². The average Bonchev–Trinajstić information content (AvgIpc) is 3.47. The Balaban J connectivity index is 1.50. The van der Waals surface area contributed by atoms with Gasteiger partial charge in [0.1, 0.15) is 5.75 Å². The van der Waals surface area contributed by atoms with Crippen molar-refractivity contribution in [1.29, 1.82) is 0 Å². The number of likely N-dealkylation sites (tertiary alicyclic amines) is 1. The Morgan fingerprint density at radius 1 is 1.13 bits per heavy atom. The van der Waals surface area contributed by atoms with E-state index in [0.29, 0.717) is 13.0 Å². The largest absolute Gasteiger partial charge is 0.508 e. The lowest BCUT2D eigenvalue weighted by atomic mass is 9.56. The van der Waals surface area contributed by atoms with Crippen LogP contribution in [0.5, 0.6) is 5.75 Å². The Labute approximate surface area is 177 Å². The molecule has 2 aromatic carbocycles. The van der Waals surface area contributed by atoms with E-state index in [0.717, 1.165) is 42.9 Å². The first-order chi connectivity index (χ1) is 14.5. The van der Waals surface area contributed by atoms with Crippen LogP contribution in [0.2, 0.25) is 0 Å². The van der Waals surface area contributed by atoms with Crippen LogP contribution in [0.4, 0.5) is 0 Å². The molecule has 1 saturated carbocycles. The molecule has 0 radical (unpaired) electrons. The summed E-state index contributed by atoms with van der Waals surface area (Å²) in [6, 6.07) is 14.2. The van der Waals surface area contributed by atoms with Gasteiger partial charge in [0.2, 0.25) is 0 Å². The topological polar surface area (TPSA) is 59.5 Å². The number of aliphatic hydroxyl groups is 1. The summed E-state index contributed by atoms with van der Waals surface area (Å²) in [6.45, 7) is 4.95. The molecular weight excluding hydrogens is 372 g/mol. The standard InChI is InChI=1S/C26H30N2O2/c1-17-5-8-23-21(11-17)22-13-26(30)16-28(15-18-6-7-18)10-9-25(26,14-24(22)27-23)19-3-2-4-20(29)12-19/h2-5,8,11-12,18,27,29-30H,6-7,9-10,13-16H2,1H3/t25-,26-/m0/s1. The third-order valence-electron chi connectivity index (χ3n) is 7.94. The van der Waals surface area contributed by atoms with Crippen LogP contribution < -0.4 is 0 Å². The van der Waals surface area contributed by atoms with Crippen LogP contribution in [0.15, 0.2) is 42.5 Å². The number of hydrogen-bond donors (Lipinski definition) is 3. The molecule has 1 saturated heterocycles. The Hall–Kier alpha value is -2.30. The van der Waals surface area contributed by atoms with Gasteiger partial charge in [0.05, 0.1) is 5.60 Å². The van der Waals surface area contributed by atoms with E-state index in [4.69, 9.17) is 0 Å². The monoisotopic (exact) mass is 402 g/mol. The first kappa shape index (κ1) is 18.5. The summed E-state index contributed by atoms with van der Waals surface area (Å²) in [5.41, 5.74) is 4.78. The van der Waals surface area contributed by atoms with Gasteiger partial charge >= 0.3 is 0 Å². The van der Waals surface area contributed by atoms with E-state index in [1.807, 2.05) is 12.1 Å². The number of hydrogen-bond acceptors (Lipinski definition) is 3. The maximum Gasteiger partial charge on any atom is 0.115 e. The molecule has 3 aromatic rings. The lowest BCUT2D eigenvalue weighted by Crippen LogP contribution is -2.66. The Kier molecular flexibility index (Phi) is 3.91.